The molecular weight excluding hydrogens is 240 g/mol. The third-order valence-electron chi connectivity index (χ3n) is 3.48. The fourth-order valence-electron chi connectivity index (χ4n) is 2.36. The molecule has 1 fully saturated rings. The van der Waals surface area contributed by atoms with E-state index in [1.807, 2.05) is 6.92 Å². The Balaban J connectivity index is 2.60. The lowest BCUT2D eigenvalue weighted by Gasteiger charge is -2.29. The molecule has 0 bridgehead atoms. The first-order valence-electron chi connectivity index (χ1n) is 5.89. The first-order chi connectivity index (χ1) is 7.65. The smallest absolute Gasteiger partial charge is 0.227 e. The highest BCUT2D eigenvalue weighted by Crippen LogP contribution is 2.36. The zero-order valence-corrected chi connectivity index (χ0v) is 11.5. The average molecular weight is 262 g/mol. The van der Waals surface area contributed by atoms with Gasteiger partial charge < -0.3 is 11.1 Å². The molecular formula is C11H22N2O3S. The first-order valence-corrected chi connectivity index (χ1v) is 7.95. The van der Waals surface area contributed by atoms with Crippen LogP contribution in [0.25, 0.3) is 0 Å². The lowest BCUT2D eigenvalue weighted by atomic mass is 9.84. The van der Waals surface area contributed by atoms with Crippen molar-refractivity contribution in [2.45, 2.75) is 45.2 Å². The predicted octanol–water partition coefficient (Wildman–Crippen LogP) is 0.0532. The van der Waals surface area contributed by atoms with Gasteiger partial charge >= 0.3 is 0 Å². The summed E-state index contributed by atoms with van der Waals surface area (Å²) in [4.78, 5) is 12.1. The predicted molar refractivity (Wildman–Crippen MR) is 67.2 cm³/mol. The number of carbonyl (C=O) groups is 1. The van der Waals surface area contributed by atoms with Crippen LogP contribution < -0.4 is 11.1 Å². The van der Waals surface area contributed by atoms with Gasteiger partial charge in [-0.05, 0) is 26.7 Å². The fraction of sp³-hybridized carbons (Fsp3) is 0.909. The average Bonchev–Trinajstić information content (AvgIpc) is 2.44. The molecule has 3 N–H and O–H groups in total. The highest BCUT2D eigenvalue weighted by Gasteiger charge is 2.43. The molecule has 17 heavy (non-hydrogen) atoms. The quantitative estimate of drug-likeness (QED) is 0.749. The SMILES string of the molecule is CC(CS(C)(=O)=O)NC(=O)C1(C)CCCC1N. The molecule has 5 nitrogen and oxygen atoms in total. The van der Waals surface area contributed by atoms with Crippen LogP contribution in [0.5, 0.6) is 0 Å². The Hall–Kier alpha value is -0.620. The minimum absolute atomic E-state index is 0.0376. The third kappa shape index (κ3) is 3.67. The molecule has 0 aliphatic heterocycles. The van der Waals surface area contributed by atoms with Gasteiger partial charge in [-0.25, -0.2) is 8.42 Å². The van der Waals surface area contributed by atoms with Crippen LogP contribution in [0.2, 0.25) is 0 Å². The first kappa shape index (κ1) is 14.4. The Morgan fingerprint density at radius 1 is 1.59 bits per heavy atom. The van der Waals surface area contributed by atoms with E-state index in [1.165, 1.54) is 6.26 Å². The van der Waals surface area contributed by atoms with Gasteiger partial charge in [0.2, 0.25) is 5.91 Å². The third-order valence-corrected chi connectivity index (χ3v) is 4.58. The summed E-state index contributed by atoms with van der Waals surface area (Å²) in [6, 6.07) is -0.505. The maximum Gasteiger partial charge on any atom is 0.227 e. The van der Waals surface area contributed by atoms with E-state index in [2.05, 4.69) is 5.32 Å². The van der Waals surface area contributed by atoms with Gasteiger partial charge in [0, 0.05) is 18.3 Å². The van der Waals surface area contributed by atoms with Crippen molar-refractivity contribution in [3.63, 3.8) is 0 Å². The van der Waals surface area contributed by atoms with E-state index in [0.717, 1.165) is 19.3 Å². The number of nitrogens with one attached hydrogen (secondary N) is 1. The van der Waals surface area contributed by atoms with E-state index in [4.69, 9.17) is 5.73 Å². The topological polar surface area (TPSA) is 89.3 Å². The van der Waals surface area contributed by atoms with Crippen LogP contribution in [0, 0.1) is 5.41 Å². The van der Waals surface area contributed by atoms with E-state index >= 15 is 0 Å². The molecule has 6 heteroatoms. The van der Waals surface area contributed by atoms with Crippen LogP contribution in [-0.4, -0.2) is 38.4 Å². The molecule has 3 unspecified atom stereocenters. The molecule has 0 radical (unpaired) electrons. The van der Waals surface area contributed by atoms with Crippen LogP contribution in [0.15, 0.2) is 0 Å². The van der Waals surface area contributed by atoms with Gasteiger partial charge in [0.1, 0.15) is 9.84 Å². The number of hydrogen-bond acceptors (Lipinski definition) is 4. The summed E-state index contributed by atoms with van der Waals surface area (Å²) < 4.78 is 22.2. The molecule has 1 aliphatic rings. The van der Waals surface area contributed by atoms with E-state index in [0.29, 0.717) is 0 Å². The van der Waals surface area contributed by atoms with Crippen molar-refractivity contribution in [1.82, 2.24) is 5.32 Å². The van der Waals surface area contributed by atoms with E-state index < -0.39 is 15.3 Å². The summed E-state index contributed by atoms with van der Waals surface area (Å²) in [6.07, 6.45) is 3.74. The van der Waals surface area contributed by atoms with Gasteiger partial charge in [-0.3, -0.25) is 4.79 Å². The standard InChI is InChI=1S/C11H22N2O3S/c1-8(7-17(3,15)16)13-10(14)11(2)6-4-5-9(11)12/h8-9H,4-7,12H2,1-3H3,(H,13,14). The second-order valence-corrected chi connectivity index (χ2v) is 7.57. The molecule has 1 rings (SSSR count). The van der Waals surface area contributed by atoms with Crippen molar-refractivity contribution in [2.24, 2.45) is 11.1 Å². The molecule has 1 amide bonds. The van der Waals surface area contributed by atoms with Gasteiger partial charge in [0.15, 0.2) is 0 Å². The fourth-order valence-corrected chi connectivity index (χ4v) is 3.35. The Kier molecular flexibility index (Phi) is 4.19. The lowest BCUT2D eigenvalue weighted by molar-refractivity contribution is -0.131. The van der Waals surface area contributed by atoms with Gasteiger partial charge in [-0.1, -0.05) is 6.42 Å². The second kappa shape index (κ2) is 4.94. The number of amides is 1. The van der Waals surface area contributed by atoms with E-state index in [9.17, 15) is 13.2 Å². The zero-order valence-electron chi connectivity index (χ0n) is 10.7. The van der Waals surface area contributed by atoms with E-state index in [1.54, 1.807) is 6.92 Å². The molecule has 0 aromatic carbocycles. The molecule has 100 valence electrons. The summed E-state index contributed by atoms with van der Waals surface area (Å²) in [5.41, 5.74) is 5.39. The Morgan fingerprint density at radius 2 is 2.18 bits per heavy atom. The normalized spacial score (nSPS) is 31.2. The minimum Gasteiger partial charge on any atom is -0.352 e. The summed E-state index contributed by atoms with van der Waals surface area (Å²) >= 11 is 0. The van der Waals surface area contributed by atoms with Gasteiger partial charge in [-0.15, -0.1) is 0 Å². The summed E-state index contributed by atoms with van der Waals surface area (Å²) in [6.45, 7) is 3.55. The summed E-state index contributed by atoms with van der Waals surface area (Å²) in [5, 5.41) is 2.75. The highest BCUT2D eigenvalue weighted by atomic mass is 32.2. The van der Waals surface area contributed by atoms with Crippen LogP contribution in [-0.2, 0) is 14.6 Å². The van der Waals surface area contributed by atoms with Crippen molar-refractivity contribution < 1.29 is 13.2 Å². The molecule has 3 atom stereocenters. The Morgan fingerprint density at radius 3 is 2.59 bits per heavy atom. The van der Waals surface area contributed by atoms with E-state index in [-0.39, 0.29) is 23.7 Å². The molecule has 0 saturated heterocycles. The molecule has 0 aromatic heterocycles. The number of rotatable bonds is 4. The van der Waals surface area contributed by atoms with Crippen molar-refractivity contribution in [2.75, 3.05) is 12.0 Å². The Bertz CT molecular complexity index is 394. The van der Waals surface area contributed by atoms with Gasteiger partial charge in [-0.2, -0.15) is 0 Å². The summed E-state index contributed by atoms with van der Waals surface area (Å²) in [5.74, 6) is -0.164. The molecule has 0 heterocycles. The highest BCUT2D eigenvalue weighted by molar-refractivity contribution is 7.90. The van der Waals surface area contributed by atoms with Crippen molar-refractivity contribution >= 4 is 15.7 Å². The van der Waals surface area contributed by atoms with Gasteiger partial charge in [0.05, 0.1) is 11.2 Å². The number of sulfone groups is 1. The Labute approximate surface area is 103 Å². The molecule has 0 spiro atoms. The molecule has 1 aliphatic carbocycles. The molecule has 0 aromatic rings. The molecule has 1 saturated carbocycles. The maximum atomic E-state index is 12.1. The minimum atomic E-state index is -3.07. The number of hydrogen-bond donors (Lipinski definition) is 2. The van der Waals surface area contributed by atoms with Crippen molar-refractivity contribution in [3.8, 4) is 0 Å². The van der Waals surface area contributed by atoms with Crippen LogP contribution in [0.1, 0.15) is 33.1 Å². The monoisotopic (exact) mass is 262 g/mol. The zero-order chi connectivity index (χ0) is 13.3. The lowest BCUT2D eigenvalue weighted by Crippen LogP contribution is -2.50. The number of carbonyl (C=O) groups excluding carboxylic acids is 1. The van der Waals surface area contributed by atoms with Crippen LogP contribution >= 0.6 is 0 Å². The van der Waals surface area contributed by atoms with Crippen LogP contribution in [0.4, 0.5) is 0 Å². The van der Waals surface area contributed by atoms with Crippen molar-refractivity contribution in [3.05, 3.63) is 0 Å². The summed E-state index contributed by atoms with van der Waals surface area (Å²) in [7, 11) is -3.07. The van der Waals surface area contributed by atoms with Crippen molar-refractivity contribution in [1.29, 1.82) is 0 Å². The largest absolute Gasteiger partial charge is 0.352 e. The van der Waals surface area contributed by atoms with Gasteiger partial charge in [0.25, 0.3) is 0 Å². The number of nitrogens with two attached hydrogens (primary N) is 1. The maximum absolute atomic E-state index is 12.1. The second-order valence-electron chi connectivity index (χ2n) is 5.38. The van der Waals surface area contributed by atoms with Crippen LogP contribution in [0.3, 0.4) is 0 Å².